The highest BCUT2D eigenvalue weighted by Gasteiger charge is 2.34. The molecule has 1 aliphatic rings. The lowest BCUT2D eigenvalue weighted by molar-refractivity contribution is -0.145. The maximum Gasteiger partial charge on any atom is 0.451 e. The number of halogens is 5. The lowest BCUT2D eigenvalue weighted by Crippen LogP contribution is -2.25. The van der Waals surface area contributed by atoms with E-state index in [1.54, 1.807) is 6.07 Å². The number of hydrogen-bond acceptors (Lipinski definition) is 7. The van der Waals surface area contributed by atoms with Crippen LogP contribution in [0.3, 0.4) is 0 Å². The third-order valence-corrected chi connectivity index (χ3v) is 7.51. The second kappa shape index (κ2) is 8.45. The summed E-state index contributed by atoms with van der Waals surface area (Å²) in [4.78, 5) is 29.9. The molecule has 1 fully saturated rings. The van der Waals surface area contributed by atoms with Gasteiger partial charge in [0, 0.05) is 23.3 Å². The third kappa shape index (κ3) is 4.09. The highest BCUT2D eigenvalue weighted by molar-refractivity contribution is 7.25. The largest absolute Gasteiger partial charge is 0.505 e. The first kappa shape index (κ1) is 23.7. The molecule has 13 heteroatoms. The van der Waals surface area contributed by atoms with Gasteiger partial charge >= 0.3 is 6.18 Å². The van der Waals surface area contributed by atoms with E-state index >= 15 is 0 Å². The van der Waals surface area contributed by atoms with Gasteiger partial charge in [-0.3, -0.25) is 9.36 Å². The molecule has 0 bridgehead atoms. The summed E-state index contributed by atoms with van der Waals surface area (Å²) in [5.74, 6) is -1.84. The number of phenols is 1. The quantitative estimate of drug-likeness (QED) is 0.281. The number of benzene rings is 1. The Balaban J connectivity index is 1.61. The molecule has 0 spiro atoms. The SMILES string of the molecule is O=c1c2c(nc(-c3ncc(F)cc3C3CC3)n1Cc1cnc(C(F)(F)F)nc1)sc1c(O)c(Cl)ccc12. The molecule has 37 heavy (non-hydrogen) atoms. The van der Waals surface area contributed by atoms with Crippen molar-refractivity contribution in [2.45, 2.75) is 31.5 Å². The minimum atomic E-state index is -4.71. The van der Waals surface area contributed by atoms with Crippen molar-refractivity contribution in [3.63, 3.8) is 0 Å². The van der Waals surface area contributed by atoms with Crippen LogP contribution in [-0.2, 0) is 12.7 Å². The minimum Gasteiger partial charge on any atom is -0.505 e. The molecule has 0 unspecified atom stereocenters. The van der Waals surface area contributed by atoms with Crippen LogP contribution in [0, 0.1) is 5.82 Å². The first-order valence-corrected chi connectivity index (χ1v) is 12.2. The number of aromatic hydroxyl groups is 1. The van der Waals surface area contributed by atoms with Crippen LogP contribution in [-0.4, -0.2) is 29.6 Å². The molecule has 188 valence electrons. The molecule has 4 aromatic heterocycles. The standard InChI is InChI=1S/C24H14ClF4N5O2S/c25-15-4-3-13-16-21(37-19(13)18(15)35)33-20(17-14(11-1-2-11)5-12(26)8-30-17)34(22(16)36)9-10-6-31-23(32-7-10)24(27,28)29/h3-8,11,35H,1-2,9H2. The van der Waals surface area contributed by atoms with Crippen molar-refractivity contribution in [2.75, 3.05) is 0 Å². The molecule has 0 radical (unpaired) electrons. The molecule has 4 heterocycles. The van der Waals surface area contributed by atoms with Crippen LogP contribution in [0.15, 0.2) is 41.6 Å². The van der Waals surface area contributed by atoms with Crippen LogP contribution in [0.5, 0.6) is 5.75 Å². The van der Waals surface area contributed by atoms with E-state index in [1.165, 1.54) is 16.7 Å². The van der Waals surface area contributed by atoms with Crippen molar-refractivity contribution in [3.05, 3.63) is 74.9 Å². The fourth-order valence-corrected chi connectivity index (χ4v) is 5.55. The lowest BCUT2D eigenvalue weighted by atomic mass is 10.1. The number of alkyl halides is 3. The molecular weight excluding hydrogens is 534 g/mol. The molecule has 1 saturated carbocycles. The van der Waals surface area contributed by atoms with Gasteiger partial charge in [0.25, 0.3) is 5.56 Å². The summed E-state index contributed by atoms with van der Waals surface area (Å²) in [6.07, 6.45) is -0.0448. The van der Waals surface area contributed by atoms with E-state index < -0.39 is 23.4 Å². The summed E-state index contributed by atoms with van der Waals surface area (Å²) < 4.78 is 54.6. The van der Waals surface area contributed by atoms with Crippen molar-refractivity contribution >= 4 is 43.2 Å². The van der Waals surface area contributed by atoms with E-state index in [4.69, 9.17) is 11.6 Å². The predicted octanol–water partition coefficient (Wildman–Crippen LogP) is 5.91. The van der Waals surface area contributed by atoms with E-state index in [-0.39, 0.29) is 40.0 Å². The molecular formula is C24H14ClF4N5O2S. The van der Waals surface area contributed by atoms with Gasteiger partial charge in [-0.25, -0.2) is 24.3 Å². The van der Waals surface area contributed by atoms with Gasteiger partial charge in [0.1, 0.15) is 16.3 Å². The highest BCUT2D eigenvalue weighted by Crippen LogP contribution is 2.45. The van der Waals surface area contributed by atoms with Crippen LogP contribution in [0.1, 0.15) is 35.7 Å². The molecule has 6 rings (SSSR count). The molecule has 0 amide bonds. The first-order valence-electron chi connectivity index (χ1n) is 11.0. The molecule has 7 nitrogen and oxygen atoms in total. The summed E-state index contributed by atoms with van der Waals surface area (Å²) in [6, 6.07) is 4.41. The number of phenolic OH excluding ortho intramolecular Hbond substituents is 1. The zero-order chi connectivity index (χ0) is 26.1. The fraction of sp³-hybridized carbons (Fsp3) is 0.208. The van der Waals surface area contributed by atoms with E-state index in [0.717, 1.165) is 42.8 Å². The van der Waals surface area contributed by atoms with Crippen LogP contribution in [0.2, 0.25) is 5.02 Å². The summed E-state index contributed by atoms with van der Waals surface area (Å²) in [6.45, 7) is -0.213. The van der Waals surface area contributed by atoms with Gasteiger partial charge in [-0.1, -0.05) is 17.7 Å². The normalized spacial score (nSPS) is 14.1. The second-order valence-corrected chi connectivity index (χ2v) is 10.1. The van der Waals surface area contributed by atoms with Crippen LogP contribution < -0.4 is 5.56 Å². The van der Waals surface area contributed by atoms with Gasteiger partial charge < -0.3 is 5.11 Å². The average Bonchev–Trinajstić information content (AvgIpc) is 3.63. The Morgan fingerprint density at radius 1 is 1.14 bits per heavy atom. The van der Waals surface area contributed by atoms with Gasteiger partial charge in [-0.15, -0.1) is 11.3 Å². The summed E-state index contributed by atoms with van der Waals surface area (Å²) >= 11 is 7.12. The van der Waals surface area contributed by atoms with Gasteiger partial charge in [0.05, 0.1) is 27.9 Å². The molecule has 0 atom stereocenters. The number of thiophene rings is 1. The topological polar surface area (TPSA) is 93.8 Å². The fourth-order valence-electron chi connectivity index (χ4n) is 4.22. The number of nitrogens with zero attached hydrogens (tertiary/aromatic N) is 5. The van der Waals surface area contributed by atoms with Crippen molar-refractivity contribution in [1.82, 2.24) is 24.5 Å². The smallest absolute Gasteiger partial charge is 0.451 e. The van der Waals surface area contributed by atoms with Gasteiger partial charge in [-0.2, -0.15) is 13.2 Å². The number of fused-ring (bicyclic) bond motifs is 3. The van der Waals surface area contributed by atoms with Crippen LogP contribution in [0.4, 0.5) is 17.6 Å². The molecule has 1 N–H and O–H groups in total. The highest BCUT2D eigenvalue weighted by atomic mass is 35.5. The summed E-state index contributed by atoms with van der Waals surface area (Å²) in [7, 11) is 0. The van der Waals surface area contributed by atoms with Crippen molar-refractivity contribution in [2.24, 2.45) is 0 Å². The molecule has 1 aromatic carbocycles. The number of aromatic nitrogens is 5. The Hall–Kier alpha value is -3.64. The Kier molecular flexibility index (Phi) is 5.42. The third-order valence-electron chi connectivity index (χ3n) is 6.10. The Bertz CT molecular complexity index is 1760. The van der Waals surface area contributed by atoms with Gasteiger partial charge in [0.2, 0.25) is 5.82 Å². The molecule has 0 saturated heterocycles. The van der Waals surface area contributed by atoms with Crippen molar-refractivity contribution < 1.29 is 22.7 Å². The minimum absolute atomic E-state index is 0.0545. The molecule has 1 aliphatic carbocycles. The van der Waals surface area contributed by atoms with E-state index in [1.807, 2.05) is 0 Å². The monoisotopic (exact) mass is 547 g/mol. The average molecular weight is 548 g/mol. The van der Waals surface area contributed by atoms with E-state index in [2.05, 4.69) is 19.9 Å². The van der Waals surface area contributed by atoms with Crippen molar-refractivity contribution in [3.8, 4) is 17.3 Å². The predicted molar refractivity (Wildman–Crippen MR) is 129 cm³/mol. The number of rotatable bonds is 4. The lowest BCUT2D eigenvalue weighted by Gasteiger charge is -2.15. The number of pyridine rings is 1. The number of hydrogen-bond donors (Lipinski definition) is 1. The first-order chi connectivity index (χ1) is 17.6. The summed E-state index contributed by atoms with van der Waals surface area (Å²) in [5, 5.41) is 11.2. The van der Waals surface area contributed by atoms with Gasteiger partial charge in [0.15, 0.2) is 11.6 Å². The molecule has 0 aliphatic heterocycles. The van der Waals surface area contributed by atoms with Crippen molar-refractivity contribution in [1.29, 1.82) is 0 Å². The Morgan fingerprint density at radius 3 is 2.54 bits per heavy atom. The second-order valence-electron chi connectivity index (χ2n) is 8.66. The van der Waals surface area contributed by atoms with Gasteiger partial charge in [-0.05, 0) is 36.5 Å². The van der Waals surface area contributed by atoms with E-state index in [9.17, 15) is 27.5 Å². The maximum absolute atomic E-state index is 14.1. The van der Waals surface area contributed by atoms with Crippen LogP contribution in [0.25, 0.3) is 31.8 Å². The summed E-state index contributed by atoms with van der Waals surface area (Å²) in [5.41, 5.74) is 0.602. The maximum atomic E-state index is 14.1. The Morgan fingerprint density at radius 2 is 1.86 bits per heavy atom. The van der Waals surface area contributed by atoms with Crippen LogP contribution >= 0.6 is 22.9 Å². The zero-order valence-corrected chi connectivity index (χ0v) is 20.1. The Labute approximate surface area is 214 Å². The molecule has 5 aromatic rings. The van der Waals surface area contributed by atoms with E-state index in [0.29, 0.717) is 26.2 Å². The zero-order valence-electron chi connectivity index (χ0n) is 18.6.